The number of aromatic nitrogens is 2. The fourth-order valence-corrected chi connectivity index (χ4v) is 4.27. The Morgan fingerprint density at radius 1 is 1.17 bits per heavy atom. The molecule has 0 atom stereocenters. The first-order chi connectivity index (χ1) is 14.4. The summed E-state index contributed by atoms with van der Waals surface area (Å²) in [6.45, 7) is 4.40. The molecule has 0 spiro atoms. The number of carbonyl (C=O) groups excluding carboxylic acids is 1. The average Bonchev–Trinajstić information content (AvgIpc) is 2.75. The lowest BCUT2D eigenvalue weighted by atomic mass is 10.1. The fourth-order valence-electron chi connectivity index (χ4n) is 3.18. The summed E-state index contributed by atoms with van der Waals surface area (Å²) in [7, 11) is -3.16. The molecule has 2 N–H and O–H groups in total. The van der Waals surface area contributed by atoms with E-state index in [1.54, 1.807) is 19.1 Å². The number of sulfonamides is 1. The molecule has 1 aromatic carbocycles. The molecule has 2 aromatic rings. The highest BCUT2D eigenvalue weighted by Crippen LogP contribution is 2.15. The Morgan fingerprint density at radius 3 is 2.53 bits per heavy atom. The first-order valence-corrected chi connectivity index (χ1v) is 11.3. The van der Waals surface area contributed by atoms with Crippen LogP contribution in [0, 0.1) is 5.82 Å². The van der Waals surface area contributed by atoms with Crippen molar-refractivity contribution in [3.05, 3.63) is 53.9 Å². The van der Waals surface area contributed by atoms with Crippen LogP contribution in [0.15, 0.2) is 36.9 Å². The second-order valence-electron chi connectivity index (χ2n) is 6.94. The zero-order valence-electron chi connectivity index (χ0n) is 16.7. The van der Waals surface area contributed by atoms with Gasteiger partial charge in [-0.25, -0.2) is 27.6 Å². The minimum atomic E-state index is -3.16. The van der Waals surface area contributed by atoms with Crippen LogP contribution in [-0.2, 0) is 23.1 Å². The maximum absolute atomic E-state index is 14.2. The molecule has 0 radical (unpaired) electrons. The Kier molecular flexibility index (Phi) is 7.29. The number of urea groups is 1. The Balaban J connectivity index is 1.53. The molecule has 1 aromatic heterocycles. The van der Waals surface area contributed by atoms with E-state index in [4.69, 9.17) is 0 Å². The van der Waals surface area contributed by atoms with Crippen molar-refractivity contribution in [2.24, 2.45) is 0 Å². The molecule has 1 fully saturated rings. The van der Waals surface area contributed by atoms with E-state index in [0.29, 0.717) is 44.0 Å². The Labute approximate surface area is 175 Å². The molecule has 2 amide bonds. The molecule has 0 aliphatic carbocycles. The van der Waals surface area contributed by atoms with Crippen molar-refractivity contribution in [3.63, 3.8) is 0 Å². The third kappa shape index (κ3) is 5.94. The third-order valence-electron chi connectivity index (χ3n) is 4.86. The molecule has 11 heteroatoms. The Bertz CT molecular complexity index is 965. The lowest BCUT2D eigenvalue weighted by molar-refractivity contribution is 0.181. The number of benzene rings is 1. The number of hydrogen-bond acceptors (Lipinski definition) is 6. The van der Waals surface area contributed by atoms with Crippen LogP contribution in [0.4, 0.5) is 14.9 Å². The van der Waals surface area contributed by atoms with Gasteiger partial charge in [-0.05, 0) is 24.6 Å². The van der Waals surface area contributed by atoms with Gasteiger partial charge in [0.1, 0.15) is 12.1 Å². The number of anilines is 1. The third-order valence-corrected chi connectivity index (χ3v) is 6.75. The summed E-state index contributed by atoms with van der Waals surface area (Å²) in [6.07, 6.45) is 4.27. The average molecular weight is 437 g/mol. The first-order valence-electron chi connectivity index (χ1n) is 9.64. The number of nitrogens with one attached hydrogen (secondary N) is 2. The van der Waals surface area contributed by atoms with Gasteiger partial charge in [0.05, 0.1) is 23.8 Å². The van der Waals surface area contributed by atoms with Gasteiger partial charge >= 0.3 is 6.03 Å². The molecular weight excluding hydrogens is 411 g/mol. The summed E-state index contributed by atoms with van der Waals surface area (Å²) in [6, 6.07) is 4.32. The zero-order valence-corrected chi connectivity index (χ0v) is 17.5. The fraction of sp³-hybridized carbons (Fsp3) is 0.421. The van der Waals surface area contributed by atoms with E-state index in [1.807, 2.05) is 0 Å². The van der Waals surface area contributed by atoms with Gasteiger partial charge in [-0.3, -0.25) is 4.90 Å². The summed E-state index contributed by atoms with van der Waals surface area (Å²) < 4.78 is 39.6. The van der Waals surface area contributed by atoms with Gasteiger partial charge in [0.15, 0.2) is 0 Å². The van der Waals surface area contributed by atoms with Crippen molar-refractivity contribution >= 4 is 21.7 Å². The summed E-state index contributed by atoms with van der Waals surface area (Å²) in [5.74, 6) is -0.299. The van der Waals surface area contributed by atoms with Crippen LogP contribution in [0.5, 0.6) is 0 Å². The van der Waals surface area contributed by atoms with Crippen LogP contribution >= 0.6 is 0 Å². The number of carbonyl (C=O) groups is 1. The number of piperazine rings is 1. The quantitative estimate of drug-likeness (QED) is 0.680. The SMILES string of the molecule is CCS(=O)(=O)N1CCN(Cc2ccc(F)c(CNC(=O)Nc3cncnc3)c2)CC1. The number of hydrogen-bond donors (Lipinski definition) is 2. The molecule has 1 aliphatic heterocycles. The van der Waals surface area contributed by atoms with Crippen molar-refractivity contribution in [2.75, 3.05) is 37.2 Å². The monoisotopic (exact) mass is 436 g/mol. The number of halogens is 1. The highest BCUT2D eigenvalue weighted by Gasteiger charge is 2.25. The summed E-state index contributed by atoms with van der Waals surface area (Å²) >= 11 is 0. The van der Waals surface area contributed by atoms with E-state index in [2.05, 4.69) is 25.5 Å². The molecule has 3 rings (SSSR count). The van der Waals surface area contributed by atoms with E-state index in [1.165, 1.54) is 29.1 Å². The van der Waals surface area contributed by atoms with E-state index >= 15 is 0 Å². The molecule has 30 heavy (non-hydrogen) atoms. The van der Waals surface area contributed by atoms with Crippen LogP contribution in [0.25, 0.3) is 0 Å². The van der Waals surface area contributed by atoms with Crippen molar-refractivity contribution in [3.8, 4) is 0 Å². The second kappa shape index (κ2) is 9.92. The molecule has 0 unspecified atom stereocenters. The maximum atomic E-state index is 14.2. The summed E-state index contributed by atoms with van der Waals surface area (Å²) in [5.41, 5.74) is 1.71. The van der Waals surface area contributed by atoms with Crippen molar-refractivity contribution in [2.45, 2.75) is 20.0 Å². The van der Waals surface area contributed by atoms with Crippen LogP contribution < -0.4 is 10.6 Å². The minimum absolute atomic E-state index is 0.0295. The molecule has 0 saturated carbocycles. The van der Waals surface area contributed by atoms with Gasteiger partial charge in [0.25, 0.3) is 0 Å². The van der Waals surface area contributed by atoms with Crippen LogP contribution in [-0.4, -0.2) is 65.6 Å². The Morgan fingerprint density at radius 2 is 1.87 bits per heavy atom. The van der Waals surface area contributed by atoms with Gasteiger partial charge in [0.2, 0.25) is 10.0 Å². The molecule has 0 bridgehead atoms. The van der Waals surface area contributed by atoms with Crippen LogP contribution in [0.3, 0.4) is 0 Å². The summed E-state index contributed by atoms with van der Waals surface area (Å²) in [5, 5.41) is 5.19. The van der Waals surface area contributed by atoms with Gasteiger partial charge in [-0.15, -0.1) is 0 Å². The smallest absolute Gasteiger partial charge is 0.319 e. The topological polar surface area (TPSA) is 108 Å². The molecule has 162 valence electrons. The van der Waals surface area contributed by atoms with Gasteiger partial charge in [-0.1, -0.05) is 6.07 Å². The van der Waals surface area contributed by atoms with E-state index in [0.717, 1.165) is 5.56 Å². The lowest BCUT2D eigenvalue weighted by Crippen LogP contribution is -2.48. The van der Waals surface area contributed by atoms with E-state index in [9.17, 15) is 17.6 Å². The highest BCUT2D eigenvalue weighted by molar-refractivity contribution is 7.89. The normalized spacial score (nSPS) is 15.7. The van der Waals surface area contributed by atoms with Gasteiger partial charge in [0, 0.05) is 44.8 Å². The van der Waals surface area contributed by atoms with Crippen LogP contribution in [0.2, 0.25) is 0 Å². The Hall–Kier alpha value is -2.63. The second-order valence-corrected chi connectivity index (χ2v) is 9.19. The highest BCUT2D eigenvalue weighted by atomic mass is 32.2. The molecule has 1 aliphatic rings. The van der Waals surface area contributed by atoms with Gasteiger partial charge in [-0.2, -0.15) is 4.31 Å². The number of nitrogens with zero attached hydrogens (tertiary/aromatic N) is 4. The standard InChI is InChI=1S/C19H25FN6O3S/c1-2-30(28,29)26-7-5-25(6-8-26)13-15-3-4-18(20)16(9-15)10-23-19(27)24-17-11-21-14-22-12-17/h3-4,9,11-12,14H,2,5-8,10,13H2,1H3,(H2,23,24,27). The van der Waals surface area contributed by atoms with E-state index in [-0.39, 0.29) is 12.3 Å². The summed E-state index contributed by atoms with van der Waals surface area (Å²) in [4.78, 5) is 21.7. The first kappa shape index (κ1) is 22.1. The molecular formula is C19H25FN6O3S. The molecule has 2 heterocycles. The minimum Gasteiger partial charge on any atom is -0.334 e. The van der Waals surface area contributed by atoms with Crippen molar-refractivity contribution in [1.29, 1.82) is 0 Å². The number of amides is 2. The van der Waals surface area contributed by atoms with Crippen molar-refractivity contribution < 1.29 is 17.6 Å². The van der Waals surface area contributed by atoms with Gasteiger partial charge < -0.3 is 10.6 Å². The molecule has 1 saturated heterocycles. The molecule has 9 nitrogen and oxygen atoms in total. The largest absolute Gasteiger partial charge is 0.334 e. The van der Waals surface area contributed by atoms with E-state index < -0.39 is 21.9 Å². The predicted molar refractivity (Wildman–Crippen MR) is 111 cm³/mol. The van der Waals surface area contributed by atoms with Crippen LogP contribution in [0.1, 0.15) is 18.1 Å². The maximum Gasteiger partial charge on any atom is 0.319 e. The number of rotatable bonds is 7. The van der Waals surface area contributed by atoms with Crippen molar-refractivity contribution in [1.82, 2.24) is 24.5 Å². The predicted octanol–water partition coefficient (Wildman–Crippen LogP) is 1.40. The lowest BCUT2D eigenvalue weighted by Gasteiger charge is -2.33. The zero-order chi connectivity index (χ0) is 21.6.